The predicted molar refractivity (Wildman–Crippen MR) is 96.6 cm³/mol. The van der Waals surface area contributed by atoms with Crippen LogP contribution in [0.25, 0.3) is 11.0 Å². The molecule has 0 spiro atoms. The van der Waals surface area contributed by atoms with Crippen LogP contribution in [-0.4, -0.2) is 36.5 Å². The van der Waals surface area contributed by atoms with Crippen LogP contribution >= 0.6 is 0 Å². The molecule has 3 rings (SSSR count). The minimum Gasteiger partial charge on any atom is -0.548 e. The maximum Gasteiger partial charge on any atom is 0.339 e. The van der Waals surface area contributed by atoms with E-state index in [9.17, 15) is 19.5 Å². The van der Waals surface area contributed by atoms with E-state index in [1.165, 1.54) is 4.90 Å². The van der Waals surface area contributed by atoms with Gasteiger partial charge in [0.05, 0.1) is 19.1 Å². The summed E-state index contributed by atoms with van der Waals surface area (Å²) < 4.78 is 10.8. The highest BCUT2D eigenvalue weighted by molar-refractivity contribution is 5.86. The molecule has 1 aromatic heterocycles. The van der Waals surface area contributed by atoms with Crippen LogP contribution in [0.5, 0.6) is 5.75 Å². The fourth-order valence-corrected chi connectivity index (χ4v) is 3.77. The summed E-state index contributed by atoms with van der Waals surface area (Å²) in [5, 5.41) is 11.9. The average Bonchev–Trinajstić information content (AvgIpc) is 3.12. The molecule has 1 saturated heterocycles. The third-order valence-electron chi connectivity index (χ3n) is 5.31. The van der Waals surface area contributed by atoms with Crippen LogP contribution < -0.4 is 15.5 Å². The molecule has 1 atom stereocenters. The van der Waals surface area contributed by atoms with Crippen molar-refractivity contribution in [2.24, 2.45) is 0 Å². The zero-order valence-electron chi connectivity index (χ0n) is 15.7. The van der Waals surface area contributed by atoms with Crippen LogP contribution in [0, 0.1) is 13.8 Å². The van der Waals surface area contributed by atoms with E-state index in [1.807, 2.05) is 26.0 Å². The summed E-state index contributed by atoms with van der Waals surface area (Å²) in [6.45, 7) is 4.05. The zero-order valence-corrected chi connectivity index (χ0v) is 15.7. The number of ether oxygens (including phenoxy) is 1. The normalized spacial score (nSPS) is 16.7. The molecule has 1 amide bonds. The lowest BCUT2D eigenvalue weighted by molar-refractivity contribution is -0.310. The first-order valence-electron chi connectivity index (χ1n) is 8.95. The molecule has 0 unspecified atom stereocenters. The van der Waals surface area contributed by atoms with Crippen molar-refractivity contribution in [2.75, 3.05) is 13.7 Å². The number of carbonyl (C=O) groups is 2. The highest BCUT2D eigenvalue weighted by Gasteiger charge is 2.29. The van der Waals surface area contributed by atoms with Gasteiger partial charge in [0.1, 0.15) is 11.3 Å². The number of carbonyl (C=O) groups excluding carboxylic acids is 2. The first kappa shape index (κ1) is 18.9. The molecule has 144 valence electrons. The molecule has 27 heavy (non-hydrogen) atoms. The number of carboxylic acids is 1. The van der Waals surface area contributed by atoms with E-state index in [2.05, 4.69) is 0 Å². The van der Waals surface area contributed by atoms with Crippen molar-refractivity contribution in [3.8, 4) is 5.75 Å². The Morgan fingerprint density at radius 3 is 2.70 bits per heavy atom. The number of hydrogen-bond donors (Lipinski definition) is 0. The second-order valence-electron chi connectivity index (χ2n) is 6.83. The Bertz CT molecular complexity index is 961. The Labute approximate surface area is 156 Å². The number of likely N-dealkylation sites (tertiary alicyclic amines) is 1. The molecule has 7 heteroatoms. The summed E-state index contributed by atoms with van der Waals surface area (Å²) in [7, 11) is 1.55. The second-order valence-corrected chi connectivity index (χ2v) is 6.83. The first-order valence-corrected chi connectivity index (χ1v) is 8.95. The Balaban J connectivity index is 1.86. The lowest BCUT2D eigenvalue weighted by Crippen LogP contribution is -2.47. The summed E-state index contributed by atoms with van der Waals surface area (Å²) >= 11 is 0. The van der Waals surface area contributed by atoms with Gasteiger partial charge in [-0.25, -0.2) is 4.79 Å². The fourth-order valence-electron chi connectivity index (χ4n) is 3.77. The number of aliphatic carboxylic acids is 1. The number of nitrogens with zero attached hydrogens (tertiary/aromatic N) is 1. The van der Waals surface area contributed by atoms with E-state index in [0.29, 0.717) is 36.3 Å². The van der Waals surface area contributed by atoms with Gasteiger partial charge in [-0.1, -0.05) is 0 Å². The standard InChI is InChI=1S/C20H23NO6/c1-11-13-6-8-16(26-3)12(2)18(13)27-20(25)14(11)7-9-17(22)21-10-4-5-15(21)19(23)24/h6,8,15H,4-5,7,9-10H2,1-3H3,(H,23,24)/p-1/t15-/m0/s1. The summed E-state index contributed by atoms with van der Waals surface area (Å²) in [5.74, 6) is -0.881. The van der Waals surface area contributed by atoms with Crippen LogP contribution in [-0.2, 0) is 16.0 Å². The zero-order chi connectivity index (χ0) is 19.7. The Kier molecular flexibility index (Phi) is 5.21. The molecule has 1 fully saturated rings. The quantitative estimate of drug-likeness (QED) is 0.729. The highest BCUT2D eigenvalue weighted by Crippen LogP contribution is 2.29. The molecular weight excluding hydrogens is 350 g/mol. The number of fused-ring (bicyclic) bond motifs is 1. The van der Waals surface area contributed by atoms with Crippen molar-refractivity contribution in [3.63, 3.8) is 0 Å². The molecule has 0 saturated carbocycles. The minimum atomic E-state index is -1.23. The molecule has 7 nitrogen and oxygen atoms in total. The summed E-state index contributed by atoms with van der Waals surface area (Å²) in [4.78, 5) is 37.4. The van der Waals surface area contributed by atoms with Crippen molar-refractivity contribution in [2.45, 2.75) is 45.6 Å². The number of amides is 1. The molecule has 1 aliphatic rings. The van der Waals surface area contributed by atoms with Crippen molar-refractivity contribution in [3.05, 3.63) is 39.2 Å². The largest absolute Gasteiger partial charge is 0.548 e. The van der Waals surface area contributed by atoms with Gasteiger partial charge in [0.25, 0.3) is 0 Å². The Morgan fingerprint density at radius 1 is 1.30 bits per heavy atom. The maximum absolute atomic E-state index is 12.5. The van der Waals surface area contributed by atoms with E-state index >= 15 is 0 Å². The number of carboxylic acid groups (broad SMARTS) is 1. The van der Waals surface area contributed by atoms with E-state index in [4.69, 9.17) is 9.15 Å². The van der Waals surface area contributed by atoms with Gasteiger partial charge in [-0.05, 0) is 50.8 Å². The van der Waals surface area contributed by atoms with Crippen LogP contribution in [0.15, 0.2) is 21.3 Å². The summed E-state index contributed by atoms with van der Waals surface area (Å²) in [6.07, 6.45) is 1.30. The molecule has 0 N–H and O–H groups in total. The molecule has 0 radical (unpaired) electrons. The predicted octanol–water partition coefficient (Wildman–Crippen LogP) is 1.09. The fraction of sp³-hybridized carbons (Fsp3) is 0.450. The van der Waals surface area contributed by atoms with Gasteiger partial charge in [0, 0.05) is 29.5 Å². The molecule has 1 aromatic carbocycles. The monoisotopic (exact) mass is 372 g/mol. The number of benzene rings is 1. The van der Waals surface area contributed by atoms with Crippen molar-refractivity contribution >= 4 is 22.8 Å². The lowest BCUT2D eigenvalue weighted by Gasteiger charge is -2.25. The molecular formula is C20H22NO6-. The smallest absolute Gasteiger partial charge is 0.339 e. The van der Waals surface area contributed by atoms with Crippen molar-refractivity contribution in [1.82, 2.24) is 4.90 Å². The van der Waals surface area contributed by atoms with Gasteiger partial charge in [0.2, 0.25) is 5.91 Å². The number of aryl methyl sites for hydroxylation is 2. The molecule has 0 aliphatic carbocycles. The third kappa shape index (κ3) is 3.41. The van der Waals surface area contributed by atoms with Gasteiger partial charge >= 0.3 is 5.63 Å². The van der Waals surface area contributed by atoms with Gasteiger partial charge < -0.3 is 24.0 Å². The summed E-state index contributed by atoms with van der Waals surface area (Å²) in [5.41, 5.74) is 1.93. The maximum atomic E-state index is 12.5. The SMILES string of the molecule is COc1ccc2c(C)c(CCC(=O)N3CCC[C@H]3C(=O)[O-])c(=O)oc2c1C. The minimum absolute atomic E-state index is 0.0516. The van der Waals surface area contributed by atoms with Gasteiger partial charge in [0.15, 0.2) is 0 Å². The molecule has 1 aliphatic heterocycles. The Morgan fingerprint density at radius 2 is 2.04 bits per heavy atom. The van der Waals surface area contributed by atoms with E-state index in [0.717, 1.165) is 16.5 Å². The molecule has 2 aromatic rings. The molecule has 2 heterocycles. The molecule has 0 bridgehead atoms. The van der Waals surface area contributed by atoms with E-state index in [1.54, 1.807) is 7.11 Å². The Hall–Kier alpha value is -2.83. The van der Waals surface area contributed by atoms with Crippen LogP contribution in [0.3, 0.4) is 0 Å². The number of rotatable bonds is 5. The van der Waals surface area contributed by atoms with Crippen LogP contribution in [0.2, 0.25) is 0 Å². The summed E-state index contributed by atoms with van der Waals surface area (Å²) in [6, 6.07) is 2.77. The lowest BCUT2D eigenvalue weighted by atomic mass is 10.00. The number of methoxy groups -OCH3 is 1. The second kappa shape index (κ2) is 7.42. The highest BCUT2D eigenvalue weighted by atomic mass is 16.5. The average molecular weight is 372 g/mol. The van der Waals surface area contributed by atoms with Crippen molar-refractivity contribution in [1.29, 1.82) is 0 Å². The number of hydrogen-bond acceptors (Lipinski definition) is 6. The van der Waals surface area contributed by atoms with Crippen LogP contribution in [0.4, 0.5) is 0 Å². The van der Waals surface area contributed by atoms with Gasteiger partial charge in [-0.15, -0.1) is 0 Å². The van der Waals surface area contributed by atoms with Crippen molar-refractivity contribution < 1.29 is 23.8 Å². The van der Waals surface area contributed by atoms with Gasteiger partial charge in [-0.3, -0.25) is 4.79 Å². The topological polar surface area (TPSA) is 99.9 Å². The van der Waals surface area contributed by atoms with Crippen LogP contribution in [0.1, 0.15) is 36.0 Å². The van der Waals surface area contributed by atoms with E-state index < -0.39 is 17.6 Å². The van der Waals surface area contributed by atoms with Gasteiger partial charge in [-0.2, -0.15) is 0 Å². The third-order valence-corrected chi connectivity index (χ3v) is 5.31. The first-order chi connectivity index (χ1) is 12.8. The van der Waals surface area contributed by atoms with E-state index in [-0.39, 0.29) is 18.7 Å².